The van der Waals surface area contributed by atoms with Crippen molar-refractivity contribution in [2.45, 2.75) is 51.6 Å². The van der Waals surface area contributed by atoms with Gasteiger partial charge in [-0.15, -0.1) is 0 Å². The van der Waals surface area contributed by atoms with Gasteiger partial charge >= 0.3 is 0 Å². The molecule has 1 saturated heterocycles. The van der Waals surface area contributed by atoms with Gasteiger partial charge in [-0.3, -0.25) is 24.4 Å². The maximum atomic E-state index is 14.5. The fourth-order valence-corrected chi connectivity index (χ4v) is 6.62. The topological polar surface area (TPSA) is 86.7 Å². The monoisotopic (exact) mass is 625 g/mol. The van der Waals surface area contributed by atoms with E-state index < -0.39 is 6.04 Å². The zero-order chi connectivity index (χ0) is 32.5. The van der Waals surface area contributed by atoms with Crippen molar-refractivity contribution in [3.8, 4) is 11.5 Å². The van der Waals surface area contributed by atoms with Crippen molar-refractivity contribution in [3.05, 3.63) is 89.0 Å². The van der Waals surface area contributed by atoms with E-state index in [2.05, 4.69) is 51.3 Å². The van der Waals surface area contributed by atoms with Gasteiger partial charge in [0.25, 0.3) is 5.91 Å². The molecule has 2 aliphatic heterocycles. The lowest BCUT2D eigenvalue weighted by Crippen LogP contribution is -2.48. The Morgan fingerprint density at radius 3 is 2.41 bits per heavy atom. The normalized spacial score (nSPS) is 16.3. The minimum Gasteiger partial charge on any atom is -0.493 e. The fraction of sp³-hybridized carbons (Fsp3) is 0.432. The summed E-state index contributed by atoms with van der Waals surface area (Å²) in [5, 5.41) is 3.43. The third-order valence-electron chi connectivity index (χ3n) is 9.28. The highest BCUT2D eigenvalue weighted by Gasteiger charge is 2.31. The molecule has 9 heteroatoms. The van der Waals surface area contributed by atoms with Gasteiger partial charge in [0.05, 0.1) is 31.7 Å². The third-order valence-corrected chi connectivity index (χ3v) is 9.28. The average Bonchev–Trinajstić information content (AvgIpc) is 3.63. The number of piperazine rings is 1. The second kappa shape index (κ2) is 15.8. The molecule has 5 rings (SSSR count). The van der Waals surface area contributed by atoms with Crippen LogP contribution in [0.15, 0.2) is 71.7 Å². The summed E-state index contributed by atoms with van der Waals surface area (Å²) in [7, 11) is 3.18. The van der Waals surface area contributed by atoms with Crippen molar-refractivity contribution in [1.29, 1.82) is 0 Å². The average molecular weight is 626 g/mol. The van der Waals surface area contributed by atoms with E-state index in [0.717, 1.165) is 74.6 Å². The molecule has 46 heavy (non-hydrogen) atoms. The van der Waals surface area contributed by atoms with E-state index in [9.17, 15) is 9.59 Å². The number of amidine groups is 1. The Morgan fingerprint density at radius 1 is 0.978 bits per heavy atom. The summed E-state index contributed by atoms with van der Waals surface area (Å²) < 4.78 is 11.1. The van der Waals surface area contributed by atoms with Crippen LogP contribution in [0.4, 0.5) is 5.69 Å². The maximum Gasteiger partial charge on any atom is 0.263 e. The molecular formula is C37H47N5O4. The highest BCUT2D eigenvalue weighted by Crippen LogP contribution is 2.36. The van der Waals surface area contributed by atoms with Gasteiger partial charge in [0.2, 0.25) is 6.41 Å². The Morgan fingerprint density at radius 2 is 1.74 bits per heavy atom. The molecule has 0 bridgehead atoms. The van der Waals surface area contributed by atoms with Gasteiger partial charge in [-0.2, -0.15) is 0 Å². The van der Waals surface area contributed by atoms with Crippen LogP contribution in [0.2, 0.25) is 0 Å². The molecule has 3 aromatic rings. The van der Waals surface area contributed by atoms with Crippen molar-refractivity contribution < 1.29 is 19.1 Å². The zero-order valence-electron chi connectivity index (χ0n) is 27.6. The quantitative estimate of drug-likeness (QED) is 0.190. The number of aryl methyl sites for hydroxylation is 1. The van der Waals surface area contributed by atoms with Crippen LogP contribution in [0.1, 0.15) is 71.7 Å². The van der Waals surface area contributed by atoms with E-state index >= 15 is 0 Å². The van der Waals surface area contributed by atoms with Gasteiger partial charge < -0.3 is 19.7 Å². The van der Waals surface area contributed by atoms with E-state index in [1.54, 1.807) is 14.2 Å². The molecule has 0 aliphatic carbocycles. The number of ether oxygens (including phenoxy) is 2. The van der Waals surface area contributed by atoms with E-state index in [1.165, 1.54) is 10.5 Å². The summed E-state index contributed by atoms with van der Waals surface area (Å²) in [5.41, 5.74) is 4.41. The van der Waals surface area contributed by atoms with Crippen LogP contribution in [0, 0.1) is 6.92 Å². The number of rotatable bonds is 13. The number of imide groups is 1. The number of amides is 2. The molecule has 0 unspecified atom stereocenters. The highest BCUT2D eigenvalue weighted by molar-refractivity contribution is 6.05. The van der Waals surface area contributed by atoms with Gasteiger partial charge in [-0.05, 0) is 68.0 Å². The number of aliphatic imine (C=N–C) groups is 1. The molecule has 2 amide bonds. The standard InChI is InChI=1S/C37H47N5O4/c1-27-11-8-14-32(41-23-21-40(22-24-41)28(2)29-12-6-5-7-13-29)36(27)37(44)42(26-43)31(15-9-19-38-35-16-10-20-39-35)30-17-18-33(45-3)34(25-30)46-4/h5-8,11-14,17-18,25-26,28,31H,9-10,15-16,19-24H2,1-4H3,(H,38,39)/t28-,31-/m1/s1. The number of anilines is 1. The number of methoxy groups -OCH3 is 2. The minimum atomic E-state index is -0.492. The molecule has 0 radical (unpaired) electrons. The smallest absolute Gasteiger partial charge is 0.263 e. The van der Waals surface area contributed by atoms with E-state index in [0.29, 0.717) is 42.5 Å². The summed E-state index contributed by atoms with van der Waals surface area (Å²) >= 11 is 0. The van der Waals surface area contributed by atoms with Crippen molar-refractivity contribution in [3.63, 3.8) is 0 Å². The molecule has 0 spiro atoms. The summed E-state index contributed by atoms with van der Waals surface area (Å²) in [6.07, 6.45) is 4.06. The summed E-state index contributed by atoms with van der Waals surface area (Å²) in [5.74, 6) is 1.89. The lowest BCUT2D eigenvalue weighted by molar-refractivity contribution is -0.117. The van der Waals surface area contributed by atoms with Crippen LogP contribution in [0.5, 0.6) is 11.5 Å². The van der Waals surface area contributed by atoms with Crippen LogP contribution in [-0.4, -0.2) is 81.4 Å². The largest absolute Gasteiger partial charge is 0.493 e. The van der Waals surface area contributed by atoms with Gasteiger partial charge in [0.1, 0.15) is 0 Å². The van der Waals surface area contributed by atoms with E-state index in [4.69, 9.17) is 9.47 Å². The molecule has 2 atom stereocenters. The molecular weight excluding hydrogens is 578 g/mol. The zero-order valence-corrected chi connectivity index (χ0v) is 27.6. The Kier molecular flexibility index (Phi) is 11.3. The molecule has 1 N–H and O–H groups in total. The third kappa shape index (κ3) is 7.53. The van der Waals surface area contributed by atoms with Gasteiger partial charge in [-0.1, -0.05) is 48.5 Å². The first kappa shape index (κ1) is 33.0. The second-order valence-electron chi connectivity index (χ2n) is 12.0. The predicted octanol–water partition coefficient (Wildman–Crippen LogP) is 5.80. The van der Waals surface area contributed by atoms with Crippen molar-refractivity contribution in [2.24, 2.45) is 4.99 Å². The molecule has 244 valence electrons. The molecule has 9 nitrogen and oxygen atoms in total. The lowest BCUT2D eigenvalue weighted by Gasteiger charge is -2.40. The second-order valence-corrected chi connectivity index (χ2v) is 12.0. The van der Waals surface area contributed by atoms with Crippen LogP contribution >= 0.6 is 0 Å². The highest BCUT2D eigenvalue weighted by atomic mass is 16.5. The van der Waals surface area contributed by atoms with Crippen LogP contribution < -0.4 is 19.7 Å². The van der Waals surface area contributed by atoms with Crippen molar-refractivity contribution in [1.82, 2.24) is 15.1 Å². The van der Waals surface area contributed by atoms with Gasteiger partial charge in [0, 0.05) is 57.4 Å². The summed E-state index contributed by atoms with van der Waals surface area (Å²) in [6.45, 7) is 9.11. The summed E-state index contributed by atoms with van der Waals surface area (Å²) in [4.78, 5) is 38.1. The van der Waals surface area contributed by atoms with Crippen LogP contribution in [0.3, 0.4) is 0 Å². The Hall–Kier alpha value is -4.37. The number of carbonyl (C=O) groups is 2. The lowest BCUT2D eigenvalue weighted by atomic mass is 9.97. The number of hydrogen-bond donors (Lipinski definition) is 1. The number of nitrogens with one attached hydrogen (secondary N) is 1. The molecule has 2 heterocycles. The molecule has 0 aromatic heterocycles. The Bertz CT molecular complexity index is 1500. The van der Waals surface area contributed by atoms with Crippen LogP contribution in [-0.2, 0) is 4.79 Å². The fourth-order valence-electron chi connectivity index (χ4n) is 6.62. The number of nitrogens with zero attached hydrogens (tertiary/aromatic N) is 4. The predicted molar refractivity (Wildman–Crippen MR) is 183 cm³/mol. The SMILES string of the molecule is COc1ccc([C@@H](CCCNC2=NCCC2)N(C=O)C(=O)c2c(C)cccc2N2CCN([C@H](C)c3ccccc3)CC2)cc1OC. The maximum absolute atomic E-state index is 14.5. The molecule has 1 fully saturated rings. The Balaban J connectivity index is 1.38. The van der Waals surface area contributed by atoms with E-state index in [1.807, 2.05) is 49.4 Å². The van der Waals surface area contributed by atoms with Gasteiger partial charge in [-0.25, -0.2) is 0 Å². The van der Waals surface area contributed by atoms with Crippen molar-refractivity contribution in [2.75, 3.05) is 58.4 Å². The first-order chi connectivity index (χ1) is 22.4. The Labute approximate surface area is 273 Å². The number of carbonyl (C=O) groups excluding carboxylic acids is 2. The molecule has 2 aliphatic rings. The number of hydrogen-bond acceptors (Lipinski definition) is 8. The van der Waals surface area contributed by atoms with Gasteiger partial charge in [0.15, 0.2) is 11.5 Å². The van der Waals surface area contributed by atoms with Crippen LogP contribution in [0.25, 0.3) is 0 Å². The summed E-state index contributed by atoms with van der Waals surface area (Å²) in [6, 6.07) is 22.0. The van der Waals surface area contributed by atoms with Crippen molar-refractivity contribution >= 4 is 23.8 Å². The number of benzene rings is 3. The first-order valence-corrected chi connectivity index (χ1v) is 16.4. The minimum absolute atomic E-state index is 0.295. The van der Waals surface area contributed by atoms with E-state index in [-0.39, 0.29) is 5.91 Å². The first-order valence-electron chi connectivity index (χ1n) is 16.4. The molecule has 3 aromatic carbocycles. The molecule has 0 saturated carbocycles.